The van der Waals surface area contributed by atoms with Gasteiger partial charge in [-0.25, -0.2) is 4.79 Å². The van der Waals surface area contributed by atoms with E-state index in [9.17, 15) is 4.79 Å². The standard InChI is InChI=1S/C8H11NO2/c1-6(2)5-7(9-3)8(10)11-4/h5H,1,3H2,2,4H3/b7-5-. The smallest absolute Gasteiger partial charge is 0.356 e. The number of esters is 1. The minimum atomic E-state index is -0.497. The molecule has 11 heavy (non-hydrogen) atoms. The Balaban J connectivity index is 4.52. The van der Waals surface area contributed by atoms with Crippen molar-refractivity contribution in [3.05, 3.63) is 23.9 Å². The molecule has 0 spiro atoms. The molecule has 0 atom stereocenters. The Bertz CT molecular complexity index is 216. The van der Waals surface area contributed by atoms with Crippen LogP contribution in [0.25, 0.3) is 0 Å². The van der Waals surface area contributed by atoms with Gasteiger partial charge in [-0.15, -0.1) is 0 Å². The zero-order valence-corrected chi connectivity index (χ0v) is 6.76. The molecule has 0 saturated heterocycles. The maximum Gasteiger partial charge on any atom is 0.356 e. The number of carbonyl (C=O) groups is 1. The quantitative estimate of drug-likeness (QED) is 0.265. The summed E-state index contributed by atoms with van der Waals surface area (Å²) in [4.78, 5) is 14.3. The van der Waals surface area contributed by atoms with Crippen molar-refractivity contribution in [3.63, 3.8) is 0 Å². The molecule has 0 aliphatic carbocycles. The van der Waals surface area contributed by atoms with Crippen LogP contribution < -0.4 is 0 Å². The molecule has 0 heterocycles. The molecule has 0 aromatic heterocycles. The lowest BCUT2D eigenvalue weighted by Crippen LogP contribution is -2.02. The predicted molar refractivity (Wildman–Crippen MR) is 44.5 cm³/mol. The molecule has 0 saturated carbocycles. The fourth-order valence-electron chi connectivity index (χ4n) is 0.507. The number of hydrogen-bond acceptors (Lipinski definition) is 3. The Morgan fingerprint density at radius 3 is 2.45 bits per heavy atom. The van der Waals surface area contributed by atoms with E-state index in [0.717, 1.165) is 5.57 Å². The third-order valence-corrected chi connectivity index (χ3v) is 0.948. The average molecular weight is 153 g/mol. The maximum absolute atomic E-state index is 10.8. The van der Waals surface area contributed by atoms with Crippen LogP contribution in [0.2, 0.25) is 0 Å². The van der Waals surface area contributed by atoms with Gasteiger partial charge in [-0.3, -0.25) is 4.99 Å². The lowest BCUT2D eigenvalue weighted by molar-refractivity contribution is -0.136. The van der Waals surface area contributed by atoms with Gasteiger partial charge in [0.05, 0.1) is 7.11 Å². The van der Waals surface area contributed by atoms with E-state index >= 15 is 0 Å². The highest BCUT2D eigenvalue weighted by molar-refractivity contribution is 5.89. The van der Waals surface area contributed by atoms with E-state index in [2.05, 4.69) is 23.0 Å². The second-order valence-corrected chi connectivity index (χ2v) is 2.03. The predicted octanol–water partition coefficient (Wildman–Crippen LogP) is 1.32. The molecular formula is C8H11NO2. The maximum atomic E-state index is 10.8. The zero-order valence-electron chi connectivity index (χ0n) is 6.76. The normalized spacial score (nSPS) is 10.5. The molecule has 0 amide bonds. The Labute approximate surface area is 66.1 Å². The highest BCUT2D eigenvalue weighted by atomic mass is 16.5. The topological polar surface area (TPSA) is 38.7 Å². The Hall–Kier alpha value is -1.38. The number of methoxy groups -OCH3 is 1. The van der Waals surface area contributed by atoms with E-state index in [1.165, 1.54) is 13.2 Å². The van der Waals surface area contributed by atoms with Crippen molar-refractivity contribution < 1.29 is 9.53 Å². The summed E-state index contributed by atoms with van der Waals surface area (Å²) < 4.78 is 4.42. The number of ether oxygens (including phenoxy) is 1. The second-order valence-electron chi connectivity index (χ2n) is 2.03. The van der Waals surface area contributed by atoms with Gasteiger partial charge in [0.15, 0.2) is 0 Å². The van der Waals surface area contributed by atoms with E-state index in [1.807, 2.05) is 0 Å². The molecule has 0 radical (unpaired) electrons. The van der Waals surface area contributed by atoms with Crippen molar-refractivity contribution in [1.29, 1.82) is 0 Å². The first-order valence-corrected chi connectivity index (χ1v) is 3.04. The molecule has 0 aliphatic rings. The third kappa shape index (κ3) is 3.35. The van der Waals surface area contributed by atoms with Gasteiger partial charge < -0.3 is 4.74 Å². The van der Waals surface area contributed by atoms with E-state index in [1.54, 1.807) is 6.92 Å². The van der Waals surface area contributed by atoms with Crippen molar-refractivity contribution >= 4 is 12.7 Å². The number of carbonyl (C=O) groups excluding carboxylic acids is 1. The average Bonchev–Trinajstić information content (AvgIpc) is 1.98. The molecule has 60 valence electrons. The largest absolute Gasteiger partial charge is 0.464 e. The monoisotopic (exact) mass is 153 g/mol. The molecule has 0 aromatic rings. The highest BCUT2D eigenvalue weighted by Crippen LogP contribution is 2.02. The summed E-state index contributed by atoms with van der Waals surface area (Å²) in [5.74, 6) is -0.497. The third-order valence-electron chi connectivity index (χ3n) is 0.948. The van der Waals surface area contributed by atoms with E-state index in [4.69, 9.17) is 0 Å². The number of aliphatic imine (C=N–C) groups is 1. The van der Waals surface area contributed by atoms with Gasteiger partial charge in [-0.05, 0) is 19.7 Å². The van der Waals surface area contributed by atoms with Crippen LogP contribution in [0.1, 0.15) is 6.92 Å². The van der Waals surface area contributed by atoms with Gasteiger partial charge in [0.25, 0.3) is 0 Å². The minimum Gasteiger partial charge on any atom is -0.464 e. The van der Waals surface area contributed by atoms with Crippen molar-refractivity contribution in [2.24, 2.45) is 4.99 Å². The molecule has 3 nitrogen and oxygen atoms in total. The summed E-state index contributed by atoms with van der Waals surface area (Å²) in [6.07, 6.45) is 1.51. The fourth-order valence-corrected chi connectivity index (χ4v) is 0.507. The van der Waals surface area contributed by atoms with Crippen LogP contribution in [-0.2, 0) is 9.53 Å². The molecule has 0 N–H and O–H groups in total. The SMILES string of the molecule is C=N/C(=C\C(=C)C)C(=O)OC. The number of nitrogens with zero attached hydrogens (tertiary/aromatic N) is 1. The fraction of sp³-hybridized carbons (Fsp3) is 0.250. The van der Waals surface area contributed by atoms with Gasteiger partial charge in [-0.1, -0.05) is 12.2 Å². The molecule has 0 unspecified atom stereocenters. The van der Waals surface area contributed by atoms with Crippen LogP contribution in [0.4, 0.5) is 0 Å². The lowest BCUT2D eigenvalue weighted by atomic mass is 10.3. The van der Waals surface area contributed by atoms with Crippen LogP contribution in [0.15, 0.2) is 28.9 Å². The first-order chi connectivity index (χ1) is 5.11. The van der Waals surface area contributed by atoms with Crippen LogP contribution in [-0.4, -0.2) is 19.8 Å². The second kappa shape index (κ2) is 4.44. The van der Waals surface area contributed by atoms with Crippen LogP contribution in [0, 0.1) is 0 Å². The number of hydrogen-bond donors (Lipinski definition) is 0. The zero-order chi connectivity index (χ0) is 8.85. The summed E-state index contributed by atoms with van der Waals surface area (Å²) in [5, 5.41) is 0. The summed E-state index contributed by atoms with van der Waals surface area (Å²) in [7, 11) is 1.29. The van der Waals surface area contributed by atoms with E-state index < -0.39 is 5.97 Å². The van der Waals surface area contributed by atoms with E-state index in [0.29, 0.717) is 0 Å². The minimum absolute atomic E-state index is 0.181. The summed E-state index contributed by atoms with van der Waals surface area (Å²) in [6, 6.07) is 0. The molecule has 0 aliphatic heterocycles. The van der Waals surface area contributed by atoms with Gasteiger partial charge in [0.1, 0.15) is 5.70 Å². The van der Waals surface area contributed by atoms with Gasteiger partial charge in [0.2, 0.25) is 0 Å². The Morgan fingerprint density at radius 1 is 1.64 bits per heavy atom. The lowest BCUT2D eigenvalue weighted by Gasteiger charge is -1.97. The van der Waals surface area contributed by atoms with Gasteiger partial charge in [-0.2, -0.15) is 0 Å². The molecule has 3 heteroatoms. The number of rotatable bonds is 3. The van der Waals surface area contributed by atoms with Crippen molar-refractivity contribution in [2.45, 2.75) is 6.92 Å². The Morgan fingerprint density at radius 2 is 2.18 bits per heavy atom. The van der Waals surface area contributed by atoms with Gasteiger partial charge >= 0.3 is 5.97 Å². The van der Waals surface area contributed by atoms with Crippen LogP contribution in [0.3, 0.4) is 0 Å². The van der Waals surface area contributed by atoms with Crippen molar-refractivity contribution in [3.8, 4) is 0 Å². The van der Waals surface area contributed by atoms with E-state index in [-0.39, 0.29) is 5.70 Å². The van der Waals surface area contributed by atoms with Crippen LogP contribution >= 0.6 is 0 Å². The Kier molecular flexibility index (Phi) is 3.88. The van der Waals surface area contributed by atoms with Crippen LogP contribution in [0.5, 0.6) is 0 Å². The summed E-state index contributed by atoms with van der Waals surface area (Å²) in [6.45, 7) is 8.57. The number of allylic oxidation sites excluding steroid dienone is 2. The summed E-state index contributed by atoms with van der Waals surface area (Å²) in [5.41, 5.74) is 0.915. The van der Waals surface area contributed by atoms with Crippen molar-refractivity contribution in [1.82, 2.24) is 0 Å². The van der Waals surface area contributed by atoms with Gasteiger partial charge in [0, 0.05) is 0 Å². The summed E-state index contributed by atoms with van der Waals surface area (Å²) >= 11 is 0. The molecule has 0 rings (SSSR count). The molecule has 0 bridgehead atoms. The molecule has 0 fully saturated rings. The first-order valence-electron chi connectivity index (χ1n) is 3.04. The molecule has 0 aromatic carbocycles. The van der Waals surface area contributed by atoms with Crippen molar-refractivity contribution in [2.75, 3.05) is 7.11 Å². The highest BCUT2D eigenvalue weighted by Gasteiger charge is 2.05. The molecular weight excluding hydrogens is 142 g/mol. The first kappa shape index (κ1) is 9.62.